The van der Waals surface area contributed by atoms with Gasteiger partial charge in [-0.1, -0.05) is 12.2 Å². The quantitative estimate of drug-likeness (QED) is 0.493. The lowest BCUT2D eigenvalue weighted by atomic mass is 10.2. The Labute approximate surface area is 64.8 Å². The molecular formula is C7H9ClO2. The van der Waals surface area contributed by atoms with E-state index in [1.165, 1.54) is 0 Å². The largest absolute Gasteiger partial charge is 0.455 e. The molecule has 0 saturated heterocycles. The van der Waals surface area contributed by atoms with Crippen molar-refractivity contribution in [1.29, 1.82) is 0 Å². The van der Waals surface area contributed by atoms with Crippen molar-refractivity contribution in [2.75, 3.05) is 0 Å². The first-order valence-corrected chi connectivity index (χ1v) is 3.57. The monoisotopic (exact) mass is 160 g/mol. The second-order valence-electron chi connectivity index (χ2n) is 2.01. The van der Waals surface area contributed by atoms with E-state index in [2.05, 4.69) is 0 Å². The molecule has 1 rings (SSSR count). The second-order valence-corrected chi connectivity index (χ2v) is 2.38. The number of hydrogen-bond donors (Lipinski definition) is 1. The molecule has 0 fully saturated rings. The van der Waals surface area contributed by atoms with Crippen molar-refractivity contribution in [2.45, 2.75) is 18.6 Å². The highest BCUT2D eigenvalue weighted by Gasteiger charge is 2.03. The highest BCUT2D eigenvalue weighted by atomic mass is 35.5. The molecule has 0 aromatic heterocycles. The zero-order valence-corrected chi connectivity index (χ0v) is 6.21. The van der Waals surface area contributed by atoms with Gasteiger partial charge in [-0.2, -0.15) is 0 Å². The van der Waals surface area contributed by atoms with Crippen molar-refractivity contribution < 1.29 is 9.84 Å². The molecule has 2 nitrogen and oxygen atoms in total. The summed E-state index contributed by atoms with van der Waals surface area (Å²) in [5, 5.41) is 8.58. The summed E-state index contributed by atoms with van der Waals surface area (Å²) < 4.78 is 4.82. The van der Waals surface area contributed by atoms with E-state index in [1.54, 1.807) is 6.08 Å². The first kappa shape index (κ1) is 7.63. The van der Waals surface area contributed by atoms with Crippen molar-refractivity contribution in [3.8, 4) is 0 Å². The molecule has 3 heteroatoms. The molecule has 1 atom stereocenters. The van der Waals surface area contributed by atoms with E-state index in [-0.39, 0.29) is 0 Å². The fraction of sp³-hybridized carbons (Fsp3) is 0.429. The fourth-order valence-electron chi connectivity index (χ4n) is 0.804. The summed E-state index contributed by atoms with van der Waals surface area (Å²) in [4.78, 5) is 0. The molecule has 0 heterocycles. The predicted molar refractivity (Wildman–Crippen MR) is 39.4 cm³/mol. The maximum atomic E-state index is 8.58. The molecule has 0 aliphatic heterocycles. The van der Waals surface area contributed by atoms with Gasteiger partial charge in [-0.15, -0.1) is 0 Å². The summed E-state index contributed by atoms with van der Waals surface area (Å²) in [6, 6.07) is 0. The number of ether oxygens (including phenoxy) is 1. The zero-order chi connectivity index (χ0) is 7.40. The first-order chi connectivity index (χ1) is 4.79. The van der Waals surface area contributed by atoms with Crippen molar-refractivity contribution in [2.24, 2.45) is 0 Å². The molecular weight excluding hydrogens is 152 g/mol. The van der Waals surface area contributed by atoms with Crippen molar-refractivity contribution in [3.05, 3.63) is 24.0 Å². The van der Waals surface area contributed by atoms with Gasteiger partial charge in [-0.3, -0.25) is 0 Å². The first-order valence-electron chi connectivity index (χ1n) is 3.13. The molecule has 1 unspecified atom stereocenters. The molecule has 1 aliphatic carbocycles. The van der Waals surface area contributed by atoms with Gasteiger partial charge < -0.3 is 9.84 Å². The summed E-state index contributed by atoms with van der Waals surface area (Å²) in [6.45, 7) is 0. The average Bonchev–Trinajstić information content (AvgIpc) is 1.88. The highest BCUT2D eigenvalue weighted by molar-refractivity contribution is 6.18. The van der Waals surface area contributed by atoms with Gasteiger partial charge in [0.2, 0.25) is 0 Å². The molecule has 1 N–H and O–H groups in total. The van der Waals surface area contributed by atoms with Crippen LogP contribution in [0.5, 0.6) is 0 Å². The average molecular weight is 161 g/mol. The van der Waals surface area contributed by atoms with Crippen LogP contribution in [0.1, 0.15) is 12.8 Å². The molecule has 1 aliphatic rings. The lowest BCUT2D eigenvalue weighted by molar-refractivity contribution is -0.00174. The number of hydrogen-bond acceptors (Lipinski definition) is 2. The van der Waals surface area contributed by atoms with Gasteiger partial charge >= 0.3 is 0 Å². The van der Waals surface area contributed by atoms with Crippen molar-refractivity contribution in [1.82, 2.24) is 0 Å². The van der Waals surface area contributed by atoms with Crippen LogP contribution in [0.3, 0.4) is 0 Å². The molecule has 0 bridgehead atoms. The third-order valence-electron chi connectivity index (χ3n) is 1.22. The van der Waals surface area contributed by atoms with Crippen LogP contribution in [0, 0.1) is 0 Å². The Morgan fingerprint density at radius 3 is 3.00 bits per heavy atom. The van der Waals surface area contributed by atoms with E-state index >= 15 is 0 Å². The number of allylic oxidation sites excluding steroid dienone is 4. The Hall–Kier alpha value is -0.470. The van der Waals surface area contributed by atoms with Crippen LogP contribution in [0.25, 0.3) is 0 Å². The Morgan fingerprint density at radius 1 is 1.70 bits per heavy atom. The molecule has 0 saturated carbocycles. The zero-order valence-electron chi connectivity index (χ0n) is 5.46. The smallest absolute Gasteiger partial charge is 0.276 e. The summed E-state index contributed by atoms with van der Waals surface area (Å²) in [5.74, 6) is -0.470. The van der Waals surface area contributed by atoms with E-state index in [0.717, 1.165) is 18.6 Å². The Kier molecular flexibility index (Phi) is 2.78. The number of aliphatic hydroxyl groups is 1. The molecule has 0 radical (unpaired) electrons. The van der Waals surface area contributed by atoms with Crippen LogP contribution >= 0.6 is 11.6 Å². The van der Waals surface area contributed by atoms with E-state index in [1.807, 2.05) is 12.2 Å². The summed E-state index contributed by atoms with van der Waals surface area (Å²) in [7, 11) is 0. The lowest BCUT2D eigenvalue weighted by Gasteiger charge is -2.11. The van der Waals surface area contributed by atoms with Gasteiger partial charge in [0.1, 0.15) is 5.76 Å². The minimum absolute atomic E-state index is 0.741. The number of halogens is 1. The third-order valence-corrected chi connectivity index (χ3v) is 1.31. The Morgan fingerprint density at radius 2 is 2.50 bits per heavy atom. The van der Waals surface area contributed by atoms with Crippen LogP contribution < -0.4 is 0 Å². The molecule has 0 amide bonds. The second kappa shape index (κ2) is 3.64. The number of aliphatic hydroxyl groups excluding tert-OH is 1. The van der Waals surface area contributed by atoms with Crippen LogP contribution in [0.2, 0.25) is 0 Å². The topological polar surface area (TPSA) is 29.5 Å². The van der Waals surface area contributed by atoms with E-state index in [9.17, 15) is 0 Å². The van der Waals surface area contributed by atoms with E-state index < -0.39 is 5.75 Å². The van der Waals surface area contributed by atoms with E-state index in [4.69, 9.17) is 21.4 Å². The minimum Gasteiger partial charge on any atom is -0.455 e. The van der Waals surface area contributed by atoms with Gasteiger partial charge in [0.05, 0.1) is 0 Å². The van der Waals surface area contributed by atoms with Gasteiger partial charge in [0.15, 0.2) is 0 Å². The molecule has 0 spiro atoms. The number of rotatable bonds is 2. The third kappa shape index (κ3) is 2.42. The van der Waals surface area contributed by atoms with Crippen LogP contribution in [0.15, 0.2) is 24.0 Å². The molecule has 0 aromatic carbocycles. The molecule has 56 valence electrons. The summed E-state index contributed by atoms with van der Waals surface area (Å²) in [6.07, 6.45) is 7.50. The standard InChI is InChI=1S/C7H9ClO2/c8-7(9)10-6-4-2-1-3-5-6/h1-2,4,7,9H,3,5H2. The Balaban J connectivity index is 2.39. The number of alkyl halides is 1. The van der Waals surface area contributed by atoms with Gasteiger partial charge in [-0.05, 0) is 24.1 Å². The van der Waals surface area contributed by atoms with Gasteiger partial charge in [0, 0.05) is 6.42 Å². The minimum atomic E-state index is -1.21. The predicted octanol–water partition coefficient (Wildman–Crippen LogP) is 1.75. The van der Waals surface area contributed by atoms with Crippen LogP contribution in [-0.4, -0.2) is 10.9 Å². The maximum Gasteiger partial charge on any atom is 0.276 e. The summed E-state index contributed by atoms with van der Waals surface area (Å²) in [5.41, 5.74) is 0. The maximum absolute atomic E-state index is 8.58. The van der Waals surface area contributed by atoms with Gasteiger partial charge in [0.25, 0.3) is 5.75 Å². The SMILES string of the molecule is OC(Cl)OC1=CC=CCC1. The van der Waals surface area contributed by atoms with Crippen LogP contribution in [0.4, 0.5) is 0 Å². The molecule has 0 aromatic rings. The fourth-order valence-corrected chi connectivity index (χ4v) is 0.918. The highest BCUT2D eigenvalue weighted by Crippen LogP contribution is 2.14. The summed E-state index contributed by atoms with van der Waals surface area (Å²) >= 11 is 5.18. The normalized spacial score (nSPS) is 20.0. The van der Waals surface area contributed by atoms with E-state index in [0.29, 0.717) is 0 Å². The lowest BCUT2D eigenvalue weighted by Crippen LogP contribution is -2.03. The Bertz CT molecular complexity index is 161. The van der Waals surface area contributed by atoms with Crippen LogP contribution in [-0.2, 0) is 4.74 Å². The van der Waals surface area contributed by atoms with Crippen molar-refractivity contribution in [3.63, 3.8) is 0 Å². The van der Waals surface area contributed by atoms with Gasteiger partial charge in [-0.25, -0.2) is 0 Å². The van der Waals surface area contributed by atoms with Crippen molar-refractivity contribution >= 4 is 11.6 Å². The molecule has 10 heavy (non-hydrogen) atoms.